The topological polar surface area (TPSA) is 58.3 Å². The summed E-state index contributed by atoms with van der Waals surface area (Å²) in [4.78, 5) is 14.1. The van der Waals surface area contributed by atoms with Crippen molar-refractivity contribution < 1.29 is 0 Å². The fourth-order valence-electron chi connectivity index (χ4n) is 3.18. The predicted molar refractivity (Wildman–Crippen MR) is 87.7 cm³/mol. The molecule has 1 aromatic rings. The maximum absolute atomic E-state index is 5.75. The van der Waals surface area contributed by atoms with Gasteiger partial charge in [-0.05, 0) is 39.7 Å². The van der Waals surface area contributed by atoms with Crippen molar-refractivity contribution >= 4 is 5.82 Å². The normalized spacial score (nSPS) is 18.6. The number of rotatable bonds is 5. The van der Waals surface area contributed by atoms with Crippen molar-refractivity contribution in [1.29, 1.82) is 0 Å². The van der Waals surface area contributed by atoms with E-state index in [9.17, 15) is 0 Å². The summed E-state index contributed by atoms with van der Waals surface area (Å²) >= 11 is 0. The molecule has 1 aliphatic heterocycles. The summed E-state index contributed by atoms with van der Waals surface area (Å²) in [5.74, 6) is 1.06. The van der Waals surface area contributed by atoms with Gasteiger partial charge in [0.2, 0.25) is 0 Å². The first-order chi connectivity index (χ1) is 10.2. The Morgan fingerprint density at radius 3 is 2.76 bits per heavy atom. The minimum absolute atomic E-state index is 0.625. The summed E-state index contributed by atoms with van der Waals surface area (Å²) in [6.07, 6.45) is 5.30. The van der Waals surface area contributed by atoms with E-state index in [1.807, 2.05) is 20.0 Å². The maximum Gasteiger partial charge on any atom is 0.150 e. The van der Waals surface area contributed by atoms with E-state index in [-0.39, 0.29) is 0 Å². The van der Waals surface area contributed by atoms with Gasteiger partial charge in [-0.3, -0.25) is 9.88 Å². The predicted octanol–water partition coefficient (Wildman–Crippen LogP) is 1.73. The van der Waals surface area contributed by atoms with Crippen LogP contribution in [0.3, 0.4) is 0 Å². The van der Waals surface area contributed by atoms with E-state index in [1.54, 1.807) is 0 Å². The van der Waals surface area contributed by atoms with E-state index < -0.39 is 0 Å². The third-order valence-electron chi connectivity index (χ3n) is 4.37. The molecule has 1 fully saturated rings. The van der Waals surface area contributed by atoms with E-state index in [2.05, 4.69) is 26.7 Å². The highest BCUT2D eigenvalue weighted by Crippen LogP contribution is 2.19. The summed E-state index contributed by atoms with van der Waals surface area (Å²) < 4.78 is 0. The molecule has 21 heavy (non-hydrogen) atoms. The van der Waals surface area contributed by atoms with Crippen molar-refractivity contribution in [3.8, 4) is 0 Å². The van der Waals surface area contributed by atoms with E-state index >= 15 is 0 Å². The number of aromatic nitrogens is 2. The minimum atomic E-state index is 0.625. The summed E-state index contributed by atoms with van der Waals surface area (Å²) in [7, 11) is 0. The van der Waals surface area contributed by atoms with Crippen LogP contribution in [0.25, 0.3) is 0 Å². The molecular formula is C16H29N5. The largest absolute Gasteiger partial charge is 0.354 e. The smallest absolute Gasteiger partial charge is 0.150 e. The Balaban J connectivity index is 2.05. The summed E-state index contributed by atoms with van der Waals surface area (Å²) in [6.45, 7) is 11.4. The van der Waals surface area contributed by atoms with Gasteiger partial charge in [0.1, 0.15) is 5.82 Å². The lowest BCUT2D eigenvalue weighted by molar-refractivity contribution is 0.196. The molecule has 5 nitrogen and oxygen atoms in total. The Kier molecular flexibility index (Phi) is 5.94. The molecule has 0 spiro atoms. The zero-order valence-corrected chi connectivity index (χ0v) is 13.7. The minimum Gasteiger partial charge on any atom is -0.354 e. The molecule has 0 bridgehead atoms. The molecule has 1 atom stereocenters. The number of nitrogens with zero attached hydrogens (tertiary/aromatic N) is 4. The van der Waals surface area contributed by atoms with Crippen molar-refractivity contribution in [2.45, 2.75) is 46.1 Å². The van der Waals surface area contributed by atoms with Crippen molar-refractivity contribution in [1.82, 2.24) is 14.9 Å². The molecule has 1 unspecified atom stereocenters. The van der Waals surface area contributed by atoms with Gasteiger partial charge in [0, 0.05) is 38.4 Å². The van der Waals surface area contributed by atoms with Crippen LogP contribution >= 0.6 is 0 Å². The molecule has 1 saturated heterocycles. The molecular weight excluding hydrogens is 262 g/mol. The molecule has 5 heteroatoms. The lowest BCUT2D eigenvalue weighted by atomic mass is 10.1. The molecule has 2 N–H and O–H groups in total. The van der Waals surface area contributed by atoms with Gasteiger partial charge >= 0.3 is 0 Å². The SMILES string of the molecule is CCC(CCN)N1CCCN(c2nc(C)cnc2C)CC1. The van der Waals surface area contributed by atoms with Crippen LogP contribution in [0.4, 0.5) is 5.82 Å². The van der Waals surface area contributed by atoms with Crippen LogP contribution < -0.4 is 10.6 Å². The quantitative estimate of drug-likeness (QED) is 0.895. The van der Waals surface area contributed by atoms with E-state index in [0.717, 1.165) is 56.4 Å². The second-order valence-corrected chi connectivity index (χ2v) is 5.94. The second kappa shape index (κ2) is 7.71. The van der Waals surface area contributed by atoms with Gasteiger partial charge in [-0.2, -0.15) is 0 Å². The maximum atomic E-state index is 5.75. The Morgan fingerprint density at radius 2 is 2.05 bits per heavy atom. The lowest BCUT2D eigenvalue weighted by Gasteiger charge is -2.30. The standard InChI is InChI=1S/C16H29N5/c1-4-15(6-7-17)20-8-5-9-21(11-10-20)16-14(3)18-12-13(2)19-16/h12,15H,4-11,17H2,1-3H3. The van der Waals surface area contributed by atoms with Crippen LogP contribution in [-0.4, -0.2) is 53.6 Å². The van der Waals surface area contributed by atoms with Crippen molar-refractivity contribution in [3.63, 3.8) is 0 Å². The first-order valence-corrected chi connectivity index (χ1v) is 8.15. The highest BCUT2D eigenvalue weighted by molar-refractivity contribution is 5.43. The number of anilines is 1. The van der Waals surface area contributed by atoms with Gasteiger partial charge in [0.05, 0.1) is 11.4 Å². The van der Waals surface area contributed by atoms with Crippen LogP contribution in [0.2, 0.25) is 0 Å². The van der Waals surface area contributed by atoms with Gasteiger partial charge in [0.25, 0.3) is 0 Å². The van der Waals surface area contributed by atoms with Crippen molar-refractivity contribution in [3.05, 3.63) is 17.6 Å². The molecule has 0 saturated carbocycles. The monoisotopic (exact) mass is 291 g/mol. The summed E-state index contributed by atoms with van der Waals surface area (Å²) in [5.41, 5.74) is 7.77. The number of hydrogen-bond acceptors (Lipinski definition) is 5. The molecule has 2 rings (SSSR count). The molecule has 0 aromatic carbocycles. The average molecular weight is 291 g/mol. The van der Waals surface area contributed by atoms with E-state index in [1.165, 1.54) is 12.8 Å². The zero-order valence-electron chi connectivity index (χ0n) is 13.7. The van der Waals surface area contributed by atoms with Gasteiger partial charge in [-0.15, -0.1) is 0 Å². The van der Waals surface area contributed by atoms with E-state index in [4.69, 9.17) is 5.73 Å². The van der Waals surface area contributed by atoms with Crippen LogP contribution in [0.1, 0.15) is 37.6 Å². The fourth-order valence-corrected chi connectivity index (χ4v) is 3.18. The van der Waals surface area contributed by atoms with Crippen molar-refractivity contribution in [2.24, 2.45) is 5.73 Å². The molecule has 1 aliphatic rings. The zero-order chi connectivity index (χ0) is 15.2. The number of aryl methyl sites for hydroxylation is 2. The lowest BCUT2D eigenvalue weighted by Crippen LogP contribution is -2.39. The summed E-state index contributed by atoms with van der Waals surface area (Å²) in [5, 5.41) is 0. The first-order valence-electron chi connectivity index (χ1n) is 8.15. The van der Waals surface area contributed by atoms with Gasteiger partial charge < -0.3 is 10.6 Å². The highest BCUT2D eigenvalue weighted by atomic mass is 15.3. The van der Waals surface area contributed by atoms with Crippen LogP contribution in [0.15, 0.2) is 6.20 Å². The molecule has 0 radical (unpaired) electrons. The fraction of sp³-hybridized carbons (Fsp3) is 0.750. The number of nitrogens with two attached hydrogens (primary N) is 1. The Bertz CT molecular complexity index is 448. The van der Waals surface area contributed by atoms with Crippen LogP contribution in [-0.2, 0) is 0 Å². The third kappa shape index (κ3) is 4.14. The van der Waals surface area contributed by atoms with Crippen LogP contribution in [0.5, 0.6) is 0 Å². The molecule has 2 heterocycles. The van der Waals surface area contributed by atoms with Gasteiger partial charge in [-0.1, -0.05) is 6.92 Å². The van der Waals surface area contributed by atoms with Gasteiger partial charge in [-0.25, -0.2) is 4.98 Å². The van der Waals surface area contributed by atoms with Gasteiger partial charge in [0.15, 0.2) is 0 Å². The first kappa shape index (κ1) is 16.2. The molecule has 1 aromatic heterocycles. The Morgan fingerprint density at radius 1 is 1.24 bits per heavy atom. The highest BCUT2D eigenvalue weighted by Gasteiger charge is 2.22. The number of hydrogen-bond donors (Lipinski definition) is 1. The van der Waals surface area contributed by atoms with E-state index in [0.29, 0.717) is 6.04 Å². The second-order valence-electron chi connectivity index (χ2n) is 5.94. The molecule has 0 aliphatic carbocycles. The Hall–Kier alpha value is -1.20. The summed E-state index contributed by atoms with van der Waals surface area (Å²) in [6, 6.07) is 0.625. The van der Waals surface area contributed by atoms with Crippen LogP contribution in [0, 0.1) is 13.8 Å². The Labute approximate surface area is 128 Å². The van der Waals surface area contributed by atoms with Crippen molar-refractivity contribution in [2.75, 3.05) is 37.6 Å². The third-order valence-corrected chi connectivity index (χ3v) is 4.37. The molecule has 0 amide bonds. The average Bonchev–Trinajstić information content (AvgIpc) is 2.73. The molecule has 118 valence electrons.